The van der Waals surface area contributed by atoms with Gasteiger partial charge in [0.15, 0.2) is 0 Å². The maximum Gasteiger partial charge on any atom is 0.0494 e. The zero-order valence-electron chi connectivity index (χ0n) is 10.7. The number of unbranched alkanes of at least 4 members (excludes halogenated alkanes) is 1. The maximum absolute atomic E-state index is 5.65. The molecule has 0 aliphatic heterocycles. The van der Waals surface area contributed by atoms with Gasteiger partial charge >= 0.3 is 0 Å². The summed E-state index contributed by atoms with van der Waals surface area (Å²) in [4.78, 5) is 0. The van der Waals surface area contributed by atoms with E-state index < -0.39 is 0 Å². The summed E-state index contributed by atoms with van der Waals surface area (Å²) in [6.45, 7) is 13.3. The van der Waals surface area contributed by atoms with Crippen molar-refractivity contribution in [3.05, 3.63) is 0 Å². The first-order valence-corrected chi connectivity index (χ1v) is 6.21. The lowest BCUT2D eigenvalue weighted by atomic mass is 9.84. The van der Waals surface area contributed by atoms with Gasteiger partial charge in [-0.25, -0.2) is 0 Å². The molecule has 0 amide bonds. The van der Waals surface area contributed by atoms with E-state index in [2.05, 4.69) is 34.6 Å². The third kappa shape index (κ3) is 5.64. The van der Waals surface area contributed by atoms with Crippen LogP contribution in [0.1, 0.15) is 53.9 Å². The van der Waals surface area contributed by atoms with Crippen molar-refractivity contribution in [2.24, 2.45) is 17.8 Å². The van der Waals surface area contributed by atoms with Gasteiger partial charge in [-0.05, 0) is 24.2 Å². The Morgan fingerprint density at radius 3 is 2.14 bits per heavy atom. The third-order valence-corrected chi connectivity index (χ3v) is 3.46. The fraction of sp³-hybridized carbons (Fsp3) is 1.00. The summed E-state index contributed by atoms with van der Waals surface area (Å²) in [6.07, 6.45) is 3.71. The average Bonchev–Trinajstić information content (AvgIpc) is 2.21. The Hall–Kier alpha value is -0.0400. The molecule has 0 aromatic heterocycles. The molecule has 0 aromatic rings. The van der Waals surface area contributed by atoms with Crippen LogP contribution >= 0.6 is 0 Å². The normalized spacial score (nSPS) is 17.8. The highest BCUT2D eigenvalue weighted by Gasteiger charge is 2.17. The predicted molar refractivity (Wildman–Crippen MR) is 63.5 cm³/mol. The van der Waals surface area contributed by atoms with E-state index in [1.807, 2.05) is 0 Å². The number of hydrogen-bond acceptors (Lipinski definition) is 1. The van der Waals surface area contributed by atoms with Crippen LogP contribution in [0.4, 0.5) is 0 Å². The maximum atomic E-state index is 5.65. The van der Waals surface area contributed by atoms with Gasteiger partial charge < -0.3 is 4.74 Å². The van der Waals surface area contributed by atoms with Crippen molar-refractivity contribution >= 4 is 0 Å². The van der Waals surface area contributed by atoms with Crippen molar-refractivity contribution in [3.8, 4) is 0 Å². The molecular formula is C13H28O. The Labute approximate surface area is 90.2 Å². The lowest BCUT2D eigenvalue weighted by Crippen LogP contribution is -2.20. The van der Waals surface area contributed by atoms with Crippen LogP contribution in [0, 0.1) is 17.8 Å². The summed E-state index contributed by atoms with van der Waals surface area (Å²) in [7, 11) is 0. The minimum absolute atomic E-state index is 0.696. The third-order valence-electron chi connectivity index (χ3n) is 3.46. The van der Waals surface area contributed by atoms with Crippen molar-refractivity contribution in [2.75, 3.05) is 13.2 Å². The van der Waals surface area contributed by atoms with Crippen LogP contribution in [-0.2, 0) is 4.74 Å². The largest absolute Gasteiger partial charge is 0.381 e. The van der Waals surface area contributed by atoms with Gasteiger partial charge in [0.25, 0.3) is 0 Å². The molecule has 14 heavy (non-hydrogen) atoms. The van der Waals surface area contributed by atoms with Crippen LogP contribution < -0.4 is 0 Å². The summed E-state index contributed by atoms with van der Waals surface area (Å²) in [5.41, 5.74) is 0. The lowest BCUT2D eigenvalue weighted by molar-refractivity contribution is 0.0731. The van der Waals surface area contributed by atoms with Gasteiger partial charge in [-0.3, -0.25) is 0 Å². The molecule has 86 valence electrons. The Morgan fingerprint density at radius 2 is 1.64 bits per heavy atom. The van der Waals surface area contributed by atoms with E-state index in [9.17, 15) is 0 Å². The SMILES string of the molecule is CCCCOCC(C)C(C)C(C)CC. The van der Waals surface area contributed by atoms with Gasteiger partial charge in [-0.1, -0.05) is 47.5 Å². The predicted octanol–water partition coefficient (Wildman–Crippen LogP) is 4.12. The first kappa shape index (κ1) is 14.0. The topological polar surface area (TPSA) is 9.23 Å². The lowest BCUT2D eigenvalue weighted by Gasteiger charge is -2.25. The van der Waals surface area contributed by atoms with Crippen LogP contribution in [-0.4, -0.2) is 13.2 Å². The average molecular weight is 200 g/mol. The zero-order valence-corrected chi connectivity index (χ0v) is 10.7. The summed E-state index contributed by atoms with van der Waals surface area (Å²) < 4.78 is 5.65. The molecule has 0 radical (unpaired) electrons. The monoisotopic (exact) mass is 200 g/mol. The van der Waals surface area contributed by atoms with Gasteiger partial charge in [0, 0.05) is 13.2 Å². The molecule has 0 N–H and O–H groups in total. The smallest absolute Gasteiger partial charge is 0.0494 e. The highest BCUT2D eigenvalue weighted by Crippen LogP contribution is 2.23. The molecule has 0 aliphatic carbocycles. The van der Waals surface area contributed by atoms with E-state index >= 15 is 0 Å². The second kappa shape index (κ2) is 8.28. The van der Waals surface area contributed by atoms with Crippen LogP contribution in [0.3, 0.4) is 0 Å². The molecule has 0 fully saturated rings. The minimum Gasteiger partial charge on any atom is -0.381 e. The van der Waals surface area contributed by atoms with Crippen LogP contribution in [0.5, 0.6) is 0 Å². The van der Waals surface area contributed by atoms with E-state index in [0.29, 0.717) is 5.92 Å². The summed E-state index contributed by atoms with van der Waals surface area (Å²) in [6, 6.07) is 0. The van der Waals surface area contributed by atoms with Crippen molar-refractivity contribution in [1.29, 1.82) is 0 Å². The van der Waals surface area contributed by atoms with Crippen LogP contribution in [0.2, 0.25) is 0 Å². The Kier molecular flexibility index (Phi) is 8.26. The van der Waals surface area contributed by atoms with Crippen LogP contribution in [0.25, 0.3) is 0 Å². The fourth-order valence-corrected chi connectivity index (χ4v) is 1.60. The van der Waals surface area contributed by atoms with E-state index in [1.54, 1.807) is 0 Å². The first-order chi connectivity index (χ1) is 6.63. The number of hydrogen-bond donors (Lipinski definition) is 0. The molecule has 0 saturated carbocycles. The van der Waals surface area contributed by atoms with Gasteiger partial charge in [0.2, 0.25) is 0 Å². The molecule has 1 heteroatoms. The summed E-state index contributed by atoms with van der Waals surface area (Å²) in [5, 5.41) is 0. The molecule has 1 nitrogen and oxygen atoms in total. The van der Waals surface area contributed by atoms with Crippen molar-refractivity contribution in [2.45, 2.75) is 53.9 Å². The van der Waals surface area contributed by atoms with E-state index in [4.69, 9.17) is 4.74 Å². The molecule has 0 spiro atoms. The number of rotatable bonds is 8. The number of ether oxygens (including phenoxy) is 1. The van der Waals surface area contributed by atoms with Gasteiger partial charge in [0.1, 0.15) is 0 Å². The van der Waals surface area contributed by atoms with Crippen molar-refractivity contribution in [3.63, 3.8) is 0 Å². The molecule has 3 atom stereocenters. The first-order valence-electron chi connectivity index (χ1n) is 6.21. The van der Waals surface area contributed by atoms with E-state index in [-0.39, 0.29) is 0 Å². The molecule has 0 heterocycles. The second-order valence-electron chi connectivity index (χ2n) is 4.65. The van der Waals surface area contributed by atoms with Crippen molar-refractivity contribution < 1.29 is 4.74 Å². The van der Waals surface area contributed by atoms with Crippen molar-refractivity contribution in [1.82, 2.24) is 0 Å². The van der Waals surface area contributed by atoms with Gasteiger partial charge in [-0.2, -0.15) is 0 Å². The molecule has 0 saturated heterocycles. The van der Waals surface area contributed by atoms with E-state index in [1.165, 1.54) is 19.3 Å². The molecule has 0 bridgehead atoms. The Morgan fingerprint density at radius 1 is 1.00 bits per heavy atom. The standard InChI is InChI=1S/C13H28O/c1-6-8-9-14-10-12(4)13(5)11(3)7-2/h11-13H,6-10H2,1-5H3. The van der Waals surface area contributed by atoms with E-state index in [0.717, 1.165) is 25.0 Å². The minimum atomic E-state index is 0.696. The summed E-state index contributed by atoms with van der Waals surface area (Å²) >= 11 is 0. The Balaban J connectivity index is 3.56. The van der Waals surface area contributed by atoms with Gasteiger partial charge in [0.05, 0.1) is 0 Å². The molecule has 0 aromatic carbocycles. The van der Waals surface area contributed by atoms with Gasteiger partial charge in [-0.15, -0.1) is 0 Å². The molecule has 0 aliphatic rings. The molecule has 0 rings (SSSR count). The summed E-state index contributed by atoms with van der Waals surface area (Å²) in [5.74, 6) is 2.29. The molecule has 3 unspecified atom stereocenters. The quantitative estimate of drug-likeness (QED) is 0.535. The highest BCUT2D eigenvalue weighted by molar-refractivity contribution is 4.66. The highest BCUT2D eigenvalue weighted by atomic mass is 16.5. The zero-order chi connectivity index (χ0) is 11.0. The second-order valence-corrected chi connectivity index (χ2v) is 4.65. The Bertz CT molecular complexity index is 122. The van der Waals surface area contributed by atoms with Crippen LogP contribution in [0.15, 0.2) is 0 Å². The fourth-order valence-electron chi connectivity index (χ4n) is 1.60. The molecular weight excluding hydrogens is 172 g/mol.